The zero-order valence-electron chi connectivity index (χ0n) is 9.21. The highest BCUT2D eigenvalue weighted by atomic mass is 16.1. The van der Waals surface area contributed by atoms with Crippen molar-refractivity contribution in [1.29, 1.82) is 0 Å². The molecule has 0 spiro atoms. The van der Waals surface area contributed by atoms with Crippen LogP contribution in [0.15, 0.2) is 6.07 Å². The lowest BCUT2D eigenvalue weighted by atomic mass is 10.1. The van der Waals surface area contributed by atoms with Crippen molar-refractivity contribution in [2.45, 2.75) is 26.7 Å². The van der Waals surface area contributed by atoms with Gasteiger partial charge in [0.1, 0.15) is 11.5 Å². The fourth-order valence-electron chi connectivity index (χ4n) is 1.26. The van der Waals surface area contributed by atoms with Crippen LogP contribution in [0.5, 0.6) is 0 Å². The topological polar surface area (TPSA) is 83.8 Å². The van der Waals surface area contributed by atoms with Gasteiger partial charge in [0, 0.05) is 12.6 Å². The number of aromatic amines is 1. The van der Waals surface area contributed by atoms with E-state index in [-0.39, 0.29) is 5.91 Å². The maximum Gasteiger partial charge on any atom is 0.269 e. The van der Waals surface area contributed by atoms with Gasteiger partial charge in [0.15, 0.2) is 0 Å². The summed E-state index contributed by atoms with van der Waals surface area (Å²) in [7, 11) is 0. The summed E-state index contributed by atoms with van der Waals surface area (Å²) in [5.41, 5.74) is 5.80. The summed E-state index contributed by atoms with van der Waals surface area (Å²) in [6.45, 7) is 5.02. The molecule has 1 rings (SSSR count). The van der Waals surface area contributed by atoms with E-state index in [1.165, 1.54) is 6.07 Å². The molecule has 1 heterocycles. The summed E-state index contributed by atoms with van der Waals surface area (Å²) in [5.74, 6) is 0.856. The number of carbonyl (C=O) groups excluding carboxylic acids is 1. The first-order chi connectivity index (χ1) is 7.09. The average molecular weight is 210 g/mol. The number of amides is 1. The zero-order valence-corrected chi connectivity index (χ0v) is 9.21. The molecule has 1 aromatic rings. The molecule has 0 saturated carbocycles. The van der Waals surface area contributed by atoms with E-state index in [2.05, 4.69) is 29.4 Å². The predicted molar refractivity (Wildman–Crippen MR) is 59.4 cm³/mol. The molecule has 0 fully saturated rings. The quantitative estimate of drug-likeness (QED) is 0.637. The number of nitrogens with two attached hydrogens (primary N) is 1. The van der Waals surface area contributed by atoms with E-state index >= 15 is 0 Å². The van der Waals surface area contributed by atoms with Crippen LogP contribution in [0.3, 0.4) is 0 Å². The number of aromatic nitrogens is 2. The van der Waals surface area contributed by atoms with E-state index in [9.17, 15) is 4.79 Å². The fourth-order valence-corrected chi connectivity index (χ4v) is 1.26. The zero-order chi connectivity index (χ0) is 11.3. The molecule has 0 radical (unpaired) electrons. The smallest absolute Gasteiger partial charge is 0.269 e. The molecule has 0 atom stereocenters. The lowest BCUT2D eigenvalue weighted by Gasteiger charge is -2.05. The van der Waals surface area contributed by atoms with Crippen LogP contribution in [-0.2, 0) is 0 Å². The molecule has 1 amide bonds. The third-order valence-corrected chi connectivity index (χ3v) is 2.09. The van der Waals surface area contributed by atoms with Crippen LogP contribution >= 0.6 is 0 Å². The Bertz CT molecular complexity index is 319. The summed E-state index contributed by atoms with van der Waals surface area (Å²) in [6.07, 6.45) is 2.11. The first-order valence-electron chi connectivity index (χ1n) is 5.18. The Hall–Kier alpha value is -1.52. The maximum absolute atomic E-state index is 11.5. The largest absolute Gasteiger partial charge is 0.382 e. The second-order valence-electron chi connectivity index (χ2n) is 4.00. The second kappa shape index (κ2) is 5.38. The highest BCUT2D eigenvalue weighted by molar-refractivity contribution is 5.92. The molecule has 1 aromatic heterocycles. The fraction of sp³-hybridized carbons (Fsp3) is 0.600. The molecule has 4 N–H and O–H groups in total. The molecule has 0 aromatic carbocycles. The predicted octanol–water partition coefficient (Wildman–Crippen LogP) is 1.16. The van der Waals surface area contributed by atoms with Crippen LogP contribution in [0.2, 0.25) is 0 Å². The van der Waals surface area contributed by atoms with E-state index in [0.717, 1.165) is 12.8 Å². The monoisotopic (exact) mass is 210 g/mol. The van der Waals surface area contributed by atoms with Crippen LogP contribution < -0.4 is 11.1 Å². The van der Waals surface area contributed by atoms with Crippen LogP contribution in [0, 0.1) is 5.92 Å². The number of nitrogen functional groups attached to an aromatic ring is 1. The first-order valence-corrected chi connectivity index (χ1v) is 5.18. The van der Waals surface area contributed by atoms with Gasteiger partial charge in [0.25, 0.3) is 5.91 Å². The van der Waals surface area contributed by atoms with Gasteiger partial charge < -0.3 is 11.1 Å². The molecule has 0 saturated heterocycles. The Balaban J connectivity index is 2.25. The Morgan fingerprint density at radius 1 is 1.67 bits per heavy atom. The van der Waals surface area contributed by atoms with Gasteiger partial charge in [-0.2, -0.15) is 5.10 Å². The number of hydrogen-bond donors (Lipinski definition) is 3. The standard InChI is InChI=1S/C10H18N4O/c1-7(2)4-3-5-12-10(15)8-6-9(11)14-13-8/h6-7H,3-5H2,1-2H3,(H,12,15)(H3,11,13,14). The number of hydrogen-bond acceptors (Lipinski definition) is 3. The van der Waals surface area contributed by atoms with Gasteiger partial charge in [-0.25, -0.2) is 0 Å². The molecule has 0 unspecified atom stereocenters. The Kier molecular flexibility index (Phi) is 4.15. The van der Waals surface area contributed by atoms with Gasteiger partial charge >= 0.3 is 0 Å². The lowest BCUT2D eigenvalue weighted by Crippen LogP contribution is -2.25. The van der Waals surface area contributed by atoms with Crippen LogP contribution in [0.1, 0.15) is 37.2 Å². The van der Waals surface area contributed by atoms with Crippen LogP contribution in [0.4, 0.5) is 5.82 Å². The van der Waals surface area contributed by atoms with Gasteiger partial charge in [-0.15, -0.1) is 0 Å². The minimum Gasteiger partial charge on any atom is -0.382 e. The van der Waals surface area contributed by atoms with Crippen molar-refractivity contribution in [3.8, 4) is 0 Å². The number of carbonyl (C=O) groups is 1. The van der Waals surface area contributed by atoms with Crippen molar-refractivity contribution in [2.75, 3.05) is 12.3 Å². The van der Waals surface area contributed by atoms with Crippen molar-refractivity contribution in [2.24, 2.45) is 5.92 Å². The summed E-state index contributed by atoms with van der Waals surface area (Å²) in [5, 5.41) is 9.06. The van der Waals surface area contributed by atoms with Gasteiger partial charge in [0.05, 0.1) is 0 Å². The number of nitrogens with one attached hydrogen (secondary N) is 2. The molecule has 0 aliphatic rings. The van der Waals surface area contributed by atoms with E-state index in [4.69, 9.17) is 5.73 Å². The first kappa shape index (κ1) is 11.6. The molecule has 0 bridgehead atoms. The third-order valence-electron chi connectivity index (χ3n) is 2.09. The summed E-state index contributed by atoms with van der Waals surface area (Å²) in [6, 6.07) is 1.53. The number of nitrogens with zero attached hydrogens (tertiary/aromatic N) is 1. The normalized spacial score (nSPS) is 10.6. The van der Waals surface area contributed by atoms with E-state index in [1.807, 2.05) is 0 Å². The van der Waals surface area contributed by atoms with Gasteiger partial charge in [-0.05, 0) is 18.8 Å². The molecule has 84 valence electrons. The van der Waals surface area contributed by atoms with Crippen molar-refractivity contribution in [1.82, 2.24) is 15.5 Å². The van der Waals surface area contributed by atoms with Gasteiger partial charge in [-0.1, -0.05) is 13.8 Å². The van der Waals surface area contributed by atoms with Crippen molar-refractivity contribution in [3.05, 3.63) is 11.8 Å². The molecule has 5 nitrogen and oxygen atoms in total. The van der Waals surface area contributed by atoms with E-state index < -0.39 is 0 Å². The summed E-state index contributed by atoms with van der Waals surface area (Å²) in [4.78, 5) is 11.5. The summed E-state index contributed by atoms with van der Waals surface area (Å²) < 4.78 is 0. The average Bonchev–Trinajstić information content (AvgIpc) is 2.59. The number of rotatable bonds is 5. The Morgan fingerprint density at radius 2 is 2.40 bits per heavy atom. The van der Waals surface area contributed by atoms with Crippen LogP contribution in [-0.4, -0.2) is 22.6 Å². The molecule has 15 heavy (non-hydrogen) atoms. The number of anilines is 1. The maximum atomic E-state index is 11.5. The van der Waals surface area contributed by atoms with Crippen LogP contribution in [0.25, 0.3) is 0 Å². The molecule has 0 aliphatic carbocycles. The SMILES string of the molecule is CC(C)CCCNC(=O)c1cc(N)n[nH]1. The second-order valence-corrected chi connectivity index (χ2v) is 4.00. The van der Waals surface area contributed by atoms with Crippen molar-refractivity contribution in [3.63, 3.8) is 0 Å². The van der Waals surface area contributed by atoms with Gasteiger partial charge in [0.2, 0.25) is 0 Å². The summed E-state index contributed by atoms with van der Waals surface area (Å²) >= 11 is 0. The Morgan fingerprint density at radius 3 is 2.93 bits per heavy atom. The minimum absolute atomic E-state index is 0.150. The van der Waals surface area contributed by atoms with E-state index in [1.54, 1.807) is 0 Å². The minimum atomic E-state index is -0.150. The highest BCUT2D eigenvalue weighted by Crippen LogP contribution is 2.03. The van der Waals surface area contributed by atoms with E-state index in [0.29, 0.717) is 24.0 Å². The molecular weight excluding hydrogens is 192 g/mol. The van der Waals surface area contributed by atoms with Crippen molar-refractivity contribution < 1.29 is 4.79 Å². The Labute approximate surface area is 89.4 Å². The molecule has 0 aliphatic heterocycles. The highest BCUT2D eigenvalue weighted by Gasteiger charge is 2.07. The molecule has 5 heteroatoms. The third kappa shape index (κ3) is 4.01. The number of H-pyrrole nitrogens is 1. The molecular formula is C10H18N4O. The van der Waals surface area contributed by atoms with Crippen molar-refractivity contribution >= 4 is 11.7 Å². The lowest BCUT2D eigenvalue weighted by molar-refractivity contribution is 0.0947. The van der Waals surface area contributed by atoms with Gasteiger partial charge in [-0.3, -0.25) is 9.89 Å².